The van der Waals surface area contributed by atoms with Crippen molar-refractivity contribution >= 4 is 40.9 Å². The lowest BCUT2D eigenvalue weighted by Gasteiger charge is -2.27. The number of hydrogen-bond acceptors (Lipinski definition) is 11. The molecular formula is C78H116N8O5S. The Morgan fingerprint density at radius 2 is 0.870 bits per heavy atom. The van der Waals surface area contributed by atoms with Gasteiger partial charge in [-0.15, -0.1) is 22.0 Å². The Labute approximate surface area is 559 Å². The van der Waals surface area contributed by atoms with Gasteiger partial charge in [0.05, 0.1) is 22.3 Å². The zero-order valence-electron chi connectivity index (χ0n) is 61.0. The molecule has 2 aromatic heterocycles. The third-order valence-corrected chi connectivity index (χ3v) is 17.7. The van der Waals surface area contributed by atoms with Crippen molar-refractivity contribution in [2.24, 2.45) is 46.6 Å². The van der Waals surface area contributed by atoms with Gasteiger partial charge in [0.25, 0.3) is 0 Å². The summed E-state index contributed by atoms with van der Waals surface area (Å²) >= 11 is 1.58. The first-order valence-electron chi connectivity index (χ1n) is 34.2. The number of imide groups is 1. The van der Waals surface area contributed by atoms with Crippen LogP contribution in [0, 0.1) is 41.4 Å². The Morgan fingerprint density at radius 1 is 0.500 bits per heavy atom. The highest BCUT2D eigenvalue weighted by molar-refractivity contribution is 8.01. The Balaban J connectivity index is 0.000000250. The molecule has 504 valence electrons. The quantitative estimate of drug-likeness (QED) is 0.0519. The molecule has 1 saturated heterocycles. The molecule has 13 nitrogen and oxygen atoms in total. The van der Waals surface area contributed by atoms with E-state index in [4.69, 9.17) is 4.84 Å². The predicted molar refractivity (Wildman–Crippen MR) is 386 cm³/mol. The number of ketones is 2. The first-order valence-corrected chi connectivity index (χ1v) is 35.2. The molecule has 6 aromatic rings. The molecule has 1 fully saturated rings. The molecular weight excluding hydrogens is 1160 g/mol. The van der Waals surface area contributed by atoms with Gasteiger partial charge in [0.1, 0.15) is 29.1 Å². The monoisotopic (exact) mass is 1280 g/mol. The molecule has 0 radical (unpaired) electrons. The van der Waals surface area contributed by atoms with E-state index in [0.29, 0.717) is 64.7 Å². The smallest absolute Gasteiger partial charge is 0.243 e. The average Bonchev–Trinajstić information content (AvgIpc) is 1.50. The van der Waals surface area contributed by atoms with Crippen LogP contribution < -0.4 is 0 Å². The molecule has 3 unspecified atom stereocenters. The highest BCUT2D eigenvalue weighted by Crippen LogP contribution is 2.46. The maximum absolute atomic E-state index is 11.8. The predicted octanol–water partition coefficient (Wildman–Crippen LogP) is 19.6. The summed E-state index contributed by atoms with van der Waals surface area (Å²) in [6.45, 7) is 52.0. The maximum atomic E-state index is 11.8. The molecule has 0 spiro atoms. The third-order valence-electron chi connectivity index (χ3n) is 16.5. The number of carbonyl (C=O) groups excluding carboxylic acids is 4. The van der Waals surface area contributed by atoms with Crippen molar-refractivity contribution < 1.29 is 24.0 Å². The van der Waals surface area contributed by atoms with E-state index in [9.17, 15) is 19.2 Å². The van der Waals surface area contributed by atoms with Crippen molar-refractivity contribution in [3.63, 3.8) is 0 Å². The van der Waals surface area contributed by atoms with Gasteiger partial charge in [-0.1, -0.05) is 223 Å². The number of benzene rings is 4. The summed E-state index contributed by atoms with van der Waals surface area (Å²) in [7, 11) is 0. The zero-order chi connectivity index (χ0) is 69.0. The van der Waals surface area contributed by atoms with Gasteiger partial charge in [0, 0.05) is 71.5 Å². The average molecular weight is 1280 g/mol. The number of rotatable bonds is 16. The molecule has 0 saturated carbocycles. The van der Waals surface area contributed by atoms with Gasteiger partial charge in [0.15, 0.2) is 0 Å². The Bertz CT molecular complexity index is 3150. The summed E-state index contributed by atoms with van der Waals surface area (Å²) in [6.07, 6.45) is 4.13. The van der Waals surface area contributed by atoms with Gasteiger partial charge in [0.2, 0.25) is 11.8 Å². The summed E-state index contributed by atoms with van der Waals surface area (Å²) in [5.74, 6) is 4.76. The lowest BCUT2D eigenvalue weighted by Crippen LogP contribution is -2.37. The summed E-state index contributed by atoms with van der Waals surface area (Å²) in [5, 5.41) is 22.5. The van der Waals surface area contributed by atoms with Crippen molar-refractivity contribution in [3.8, 4) is 45.0 Å². The highest BCUT2D eigenvalue weighted by atomic mass is 32.2. The molecule has 2 amide bonds. The Kier molecular flexibility index (Phi) is 31.2. The van der Waals surface area contributed by atoms with E-state index < -0.39 is 0 Å². The summed E-state index contributed by atoms with van der Waals surface area (Å²) in [4.78, 5) is 51.6. The van der Waals surface area contributed by atoms with Gasteiger partial charge in [-0.2, -0.15) is 0 Å². The molecule has 3 atom stereocenters. The lowest BCUT2D eigenvalue weighted by atomic mass is 9.77. The molecule has 0 N–H and O–H groups in total. The van der Waals surface area contributed by atoms with Crippen molar-refractivity contribution in [2.75, 3.05) is 0 Å². The highest BCUT2D eigenvalue weighted by Gasteiger charge is 2.40. The number of aromatic nitrogens is 6. The fourth-order valence-electron chi connectivity index (χ4n) is 11.2. The van der Waals surface area contributed by atoms with Crippen LogP contribution in [0.2, 0.25) is 0 Å². The number of carbonyl (C=O) groups is 4. The SMILES string of the molecule is CC(=NOC(C)C)C(C)C.CC(C)C1Cc2ccccc2-c2c(nnn2C(C)C)-c2ccccc21.CC(C)C1Cc2ccccc2-c2c(nnn2C(C)C)-c2ccccc21.CC(C)CC(=O)C(C)C.CC(C)CC(=O)C(C)C.CC(C)SC1CC(=O)N(C(C)C)C1=O. The molecule has 0 bridgehead atoms. The van der Waals surface area contributed by atoms with Crippen LogP contribution in [0.25, 0.3) is 45.0 Å². The Morgan fingerprint density at radius 3 is 1.16 bits per heavy atom. The number of hydrogen-bond donors (Lipinski definition) is 0. The fourth-order valence-corrected chi connectivity index (χ4v) is 12.3. The van der Waals surface area contributed by atoms with E-state index in [1.807, 2.05) is 76.2 Å². The second-order valence-electron chi connectivity index (χ2n) is 28.8. The first kappa shape index (κ1) is 77.9. The minimum Gasteiger partial charge on any atom is -0.393 e. The number of oxime groups is 1. The van der Waals surface area contributed by atoms with Crippen molar-refractivity contribution in [1.29, 1.82) is 0 Å². The topological polar surface area (TPSA) is 155 Å². The van der Waals surface area contributed by atoms with Crippen LogP contribution in [0.15, 0.2) is 102 Å². The normalized spacial score (nSPS) is 15.8. The standard InChI is InChI=1S/2C22H25N3.C10H17NO2S.C8H17NO.2C8H16O/c2*1-14(2)20-13-16-9-5-6-10-17(16)22-21(23-24-25(22)15(3)4)19-12-8-7-11-18(19)20;1-6(2)11-9(12)5-8(10(11)13)14-7(3)4;1-6(2)8(5)9-10-7(3)4;2*1-6(2)5-8(9)7(3)4/h2*5-12,14-15,20H,13H2,1-4H3;6-8H,5H2,1-4H3;6-7H,1-5H3;2*6-7H,5H2,1-4H3. The van der Waals surface area contributed by atoms with Gasteiger partial charge < -0.3 is 4.84 Å². The maximum Gasteiger partial charge on any atom is 0.243 e. The molecule has 14 heteroatoms. The van der Waals surface area contributed by atoms with E-state index in [1.54, 1.807) is 11.8 Å². The van der Waals surface area contributed by atoms with Crippen LogP contribution in [0.3, 0.4) is 0 Å². The molecule has 3 heterocycles. The fraction of sp³-hybridized carbons (Fsp3) is 0.577. The second-order valence-corrected chi connectivity index (χ2v) is 30.6. The van der Waals surface area contributed by atoms with Gasteiger partial charge in [-0.05, 0) is 144 Å². The van der Waals surface area contributed by atoms with Crippen molar-refractivity contribution in [1.82, 2.24) is 34.9 Å². The van der Waals surface area contributed by atoms with Crippen molar-refractivity contribution in [3.05, 3.63) is 119 Å². The molecule has 92 heavy (non-hydrogen) atoms. The van der Waals surface area contributed by atoms with Crippen LogP contribution >= 0.6 is 11.8 Å². The number of amides is 2. The minimum absolute atomic E-state index is 0.00670. The number of likely N-dealkylation sites (tertiary alicyclic amines) is 1. The van der Waals surface area contributed by atoms with E-state index >= 15 is 0 Å². The number of fused-ring (bicyclic) bond motifs is 10. The Hall–Kier alpha value is -6.54. The van der Waals surface area contributed by atoms with Gasteiger partial charge >= 0.3 is 0 Å². The summed E-state index contributed by atoms with van der Waals surface area (Å²) in [5.41, 5.74) is 16.0. The largest absolute Gasteiger partial charge is 0.393 e. The van der Waals surface area contributed by atoms with Crippen LogP contribution in [0.4, 0.5) is 0 Å². The molecule has 2 aliphatic carbocycles. The number of Topliss-reactive ketones (excluding diaryl/α,β-unsaturated/α-hetero) is 2. The molecule has 9 rings (SSSR count). The van der Waals surface area contributed by atoms with Crippen molar-refractivity contribution in [2.45, 2.75) is 252 Å². The lowest BCUT2D eigenvalue weighted by molar-refractivity contribution is -0.140. The van der Waals surface area contributed by atoms with Crippen LogP contribution in [-0.2, 0) is 36.9 Å². The number of thioether (sulfide) groups is 1. The van der Waals surface area contributed by atoms with E-state index in [0.717, 1.165) is 54.2 Å². The van der Waals surface area contributed by atoms with Crippen LogP contribution in [-0.4, -0.2) is 86.6 Å². The molecule has 3 aliphatic rings. The van der Waals surface area contributed by atoms with Crippen LogP contribution in [0.1, 0.15) is 239 Å². The van der Waals surface area contributed by atoms with E-state index in [-0.39, 0.29) is 53.1 Å². The second kappa shape index (κ2) is 36.8. The van der Waals surface area contributed by atoms with Gasteiger partial charge in [-0.3, -0.25) is 24.1 Å². The zero-order valence-corrected chi connectivity index (χ0v) is 61.8. The summed E-state index contributed by atoms with van der Waals surface area (Å²) in [6, 6.07) is 35.5. The van der Waals surface area contributed by atoms with Gasteiger partial charge in [-0.25, -0.2) is 9.36 Å². The minimum atomic E-state index is -0.148. The van der Waals surface area contributed by atoms with E-state index in [2.05, 4.69) is 229 Å². The van der Waals surface area contributed by atoms with E-state index in [1.165, 1.54) is 49.4 Å². The molecule has 4 aromatic carbocycles. The number of nitrogens with zero attached hydrogens (tertiary/aromatic N) is 8. The third kappa shape index (κ3) is 22.0. The summed E-state index contributed by atoms with van der Waals surface area (Å²) < 4.78 is 4.14. The van der Waals surface area contributed by atoms with Crippen LogP contribution in [0.5, 0.6) is 0 Å². The molecule has 1 aliphatic heterocycles. The first-order chi connectivity index (χ1) is 43.2.